The third-order valence-electron chi connectivity index (χ3n) is 5.18. The summed E-state index contributed by atoms with van der Waals surface area (Å²) < 4.78 is 14.5. The first-order chi connectivity index (χ1) is 15.0. The summed E-state index contributed by atoms with van der Waals surface area (Å²) in [4.78, 5) is 28.0. The molecule has 1 aliphatic rings. The highest BCUT2D eigenvalue weighted by Crippen LogP contribution is 2.36. The van der Waals surface area contributed by atoms with Gasteiger partial charge in [0.15, 0.2) is 0 Å². The van der Waals surface area contributed by atoms with Crippen LogP contribution in [-0.4, -0.2) is 47.4 Å². The maximum absolute atomic E-state index is 13.2. The molecule has 0 N–H and O–H groups in total. The summed E-state index contributed by atoms with van der Waals surface area (Å²) in [7, 11) is 2.39. The van der Waals surface area contributed by atoms with Crippen LogP contribution in [0.3, 0.4) is 0 Å². The molecule has 174 valence electrons. The molecular weight excluding hydrogens is 494 g/mol. The first-order valence-electron chi connectivity index (χ1n) is 10.1. The second-order valence-corrected chi connectivity index (χ2v) is 13.9. The number of ether oxygens (including phenoxy) is 2. The molecule has 0 spiro atoms. The SMILES string of the molecule is C=C1C=C(Br)N(Cc2cccc(OC)c2)c2c1n(COCCS(C)(C)C)c(=O)n(C)c2=O. The number of halogens is 1. The van der Waals surface area contributed by atoms with Crippen molar-refractivity contribution in [2.24, 2.45) is 7.05 Å². The second kappa shape index (κ2) is 9.72. The van der Waals surface area contributed by atoms with E-state index in [2.05, 4.69) is 41.3 Å². The van der Waals surface area contributed by atoms with E-state index in [0.29, 0.717) is 34.7 Å². The van der Waals surface area contributed by atoms with Crippen molar-refractivity contribution in [2.45, 2.75) is 13.3 Å². The minimum absolute atomic E-state index is 0.0578. The van der Waals surface area contributed by atoms with Crippen LogP contribution in [0.2, 0.25) is 0 Å². The normalized spacial score (nSPS) is 14.2. The van der Waals surface area contributed by atoms with Crippen molar-refractivity contribution in [3.05, 3.63) is 73.6 Å². The van der Waals surface area contributed by atoms with Gasteiger partial charge in [-0.1, -0.05) is 18.7 Å². The average molecular weight is 524 g/mol. The molecule has 0 radical (unpaired) electrons. The first-order valence-corrected chi connectivity index (χ1v) is 13.9. The zero-order chi connectivity index (χ0) is 23.6. The van der Waals surface area contributed by atoms with Crippen molar-refractivity contribution in [3.63, 3.8) is 0 Å². The number of hydrogen-bond acceptors (Lipinski definition) is 5. The summed E-state index contributed by atoms with van der Waals surface area (Å²) in [5.74, 6) is 1.67. The maximum Gasteiger partial charge on any atom is 0.333 e. The van der Waals surface area contributed by atoms with E-state index in [4.69, 9.17) is 9.47 Å². The zero-order valence-electron chi connectivity index (χ0n) is 19.2. The molecule has 1 aliphatic heterocycles. The number of methoxy groups -OCH3 is 1. The summed E-state index contributed by atoms with van der Waals surface area (Å²) >= 11 is 3.58. The number of nitrogens with zero attached hydrogens (tertiary/aromatic N) is 3. The van der Waals surface area contributed by atoms with Gasteiger partial charge >= 0.3 is 5.69 Å². The number of allylic oxidation sites excluding steroid dienone is 2. The Morgan fingerprint density at radius 2 is 1.91 bits per heavy atom. The fraction of sp³-hybridized carbons (Fsp3) is 0.391. The van der Waals surface area contributed by atoms with Crippen molar-refractivity contribution in [2.75, 3.05) is 43.1 Å². The molecule has 2 heterocycles. The molecule has 0 saturated heterocycles. The Labute approximate surface area is 198 Å². The Balaban J connectivity index is 2.04. The van der Waals surface area contributed by atoms with E-state index in [-0.39, 0.29) is 12.3 Å². The molecule has 32 heavy (non-hydrogen) atoms. The third kappa shape index (κ3) is 5.22. The van der Waals surface area contributed by atoms with Crippen LogP contribution >= 0.6 is 26.0 Å². The minimum atomic E-state index is -0.707. The van der Waals surface area contributed by atoms with Crippen molar-refractivity contribution in [1.29, 1.82) is 0 Å². The van der Waals surface area contributed by atoms with Gasteiger partial charge in [0.1, 0.15) is 18.2 Å². The van der Waals surface area contributed by atoms with Crippen LogP contribution in [0.5, 0.6) is 5.75 Å². The summed E-state index contributed by atoms with van der Waals surface area (Å²) in [6, 6.07) is 7.65. The smallest absolute Gasteiger partial charge is 0.333 e. The highest BCUT2D eigenvalue weighted by molar-refractivity contribution is 9.11. The Bertz CT molecular complexity index is 1180. The van der Waals surface area contributed by atoms with Crippen LogP contribution in [0.25, 0.3) is 5.57 Å². The maximum atomic E-state index is 13.2. The number of benzene rings is 1. The Morgan fingerprint density at radius 1 is 1.19 bits per heavy atom. The van der Waals surface area contributed by atoms with E-state index in [1.54, 1.807) is 7.11 Å². The molecule has 0 aliphatic carbocycles. The van der Waals surface area contributed by atoms with Gasteiger partial charge in [-0.25, -0.2) is 14.8 Å². The molecule has 2 aromatic rings. The quantitative estimate of drug-likeness (QED) is 0.391. The molecular formula is C23H30BrN3O4S. The molecule has 0 unspecified atom stereocenters. The molecule has 0 bridgehead atoms. The van der Waals surface area contributed by atoms with Crippen molar-refractivity contribution in [1.82, 2.24) is 9.13 Å². The van der Waals surface area contributed by atoms with Crippen molar-refractivity contribution >= 4 is 37.2 Å². The van der Waals surface area contributed by atoms with E-state index < -0.39 is 15.7 Å². The van der Waals surface area contributed by atoms with E-state index in [1.807, 2.05) is 35.2 Å². The topological polar surface area (TPSA) is 65.7 Å². The number of fused-ring (bicyclic) bond motifs is 1. The van der Waals surface area contributed by atoms with Crippen LogP contribution in [0.4, 0.5) is 5.69 Å². The average Bonchev–Trinajstić information content (AvgIpc) is 2.73. The molecule has 0 amide bonds. The molecule has 0 atom stereocenters. The molecule has 0 fully saturated rings. The van der Waals surface area contributed by atoms with Crippen LogP contribution in [0.15, 0.2) is 51.1 Å². The minimum Gasteiger partial charge on any atom is -0.497 e. The predicted molar refractivity (Wildman–Crippen MR) is 137 cm³/mol. The first kappa shape index (κ1) is 24.4. The zero-order valence-corrected chi connectivity index (χ0v) is 21.6. The van der Waals surface area contributed by atoms with Gasteiger partial charge in [0.25, 0.3) is 5.56 Å². The summed E-state index contributed by atoms with van der Waals surface area (Å²) in [6.45, 7) is 5.12. The van der Waals surface area contributed by atoms with E-state index in [9.17, 15) is 9.59 Å². The highest BCUT2D eigenvalue weighted by atomic mass is 79.9. The lowest BCUT2D eigenvalue weighted by Crippen LogP contribution is -2.44. The van der Waals surface area contributed by atoms with Gasteiger partial charge in [0.2, 0.25) is 0 Å². The van der Waals surface area contributed by atoms with Gasteiger partial charge in [-0.05, 0) is 64.0 Å². The van der Waals surface area contributed by atoms with Gasteiger partial charge in [-0.2, -0.15) is 0 Å². The largest absolute Gasteiger partial charge is 0.497 e. The molecule has 1 aromatic heterocycles. The monoisotopic (exact) mass is 523 g/mol. The fourth-order valence-corrected chi connectivity index (χ4v) is 4.61. The fourth-order valence-electron chi connectivity index (χ4n) is 3.41. The van der Waals surface area contributed by atoms with E-state index in [1.165, 1.54) is 11.6 Å². The standard InChI is InChI=1S/C23H30BrN3O4S/c1-16-12-19(24)26(14-17-8-7-9-18(13-17)30-3)21-20(16)27(23(29)25(2)22(21)28)15-31-10-11-32(4,5)6/h7-9,12-13H,1,10-11,14-15H2,2-6H3. The van der Waals surface area contributed by atoms with Gasteiger partial charge in [0, 0.05) is 19.3 Å². The summed E-state index contributed by atoms with van der Waals surface area (Å²) in [6.07, 6.45) is 8.48. The molecule has 9 heteroatoms. The molecule has 3 rings (SSSR count). The summed E-state index contributed by atoms with van der Waals surface area (Å²) in [5, 5.41) is 0. The lowest BCUT2D eigenvalue weighted by molar-refractivity contribution is 0.0846. The van der Waals surface area contributed by atoms with Gasteiger partial charge in [-0.3, -0.25) is 13.9 Å². The highest BCUT2D eigenvalue weighted by Gasteiger charge is 2.29. The molecule has 7 nitrogen and oxygen atoms in total. The predicted octanol–water partition coefficient (Wildman–Crippen LogP) is 3.49. The number of hydrogen-bond donors (Lipinski definition) is 0. The lowest BCUT2D eigenvalue weighted by atomic mass is 10.1. The van der Waals surface area contributed by atoms with Gasteiger partial charge in [-0.15, -0.1) is 0 Å². The number of aromatic nitrogens is 2. The molecule has 1 aromatic carbocycles. The Kier molecular flexibility index (Phi) is 7.42. The summed E-state index contributed by atoms with van der Waals surface area (Å²) in [5.41, 5.74) is 1.60. The van der Waals surface area contributed by atoms with Crippen LogP contribution in [0.1, 0.15) is 11.3 Å². The second-order valence-electron chi connectivity index (χ2n) is 8.53. The third-order valence-corrected chi connectivity index (χ3v) is 7.23. The van der Waals surface area contributed by atoms with Crippen molar-refractivity contribution < 1.29 is 9.47 Å². The van der Waals surface area contributed by atoms with E-state index in [0.717, 1.165) is 21.6 Å². The lowest BCUT2D eigenvalue weighted by Gasteiger charge is -2.32. The van der Waals surface area contributed by atoms with Crippen LogP contribution in [0, 0.1) is 0 Å². The Morgan fingerprint density at radius 3 is 2.56 bits per heavy atom. The van der Waals surface area contributed by atoms with Gasteiger partial charge in [0.05, 0.1) is 24.0 Å². The Hall–Kier alpha value is -2.23. The van der Waals surface area contributed by atoms with Crippen molar-refractivity contribution in [3.8, 4) is 5.75 Å². The van der Waals surface area contributed by atoms with Crippen LogP contribution in [-0.2, 0) is 25.1 Å². The van der Waals surface area contributed by atoms with Gasteiger partial charge < -0.3 is 14.4 Å². The number of rotatable bonds is 8. The van der Waals surface area contributed by atoms with Crippen LogP contribution < -0.4 is 20.9 Å². The molecule has 0 saturated carbocycles. The van der Waals surface area contributed by atoms with E-state index >= 15 is 0 Å². The number of anilines is 1.